The lowest BCUT2D eigenvalue weighted by atomic mass is 10.1. The van der Waals surface area contributed by atoms with Gasteiger partial charge in [0.15, 0.2) is 11.5 Å². The number of hydrogen-bond donors (Lipinski definition) is 1. The van der Waals surface area contributed by atoms with Gasteiger partial charge in [-0.25, -0.2) is 0 Å². The molecule has 0 saturated carbocycles. The minimum absolute atomic E-state index is 0.0205. The lowest BCUT2D eigenvalue weighted by Crippen LogP contribution is -2.46. The molecule has 2 aliphatic rings. The minimum atomic E-state index is 0.0205. The van der Waals surface area contributed by atoms with Crippen molar-refractivity contribution in [3.8, 4) is 17.4 Å². The Morgan fingerprint density at radius 3 is 2.62 bits per heavy atom. The van der Waals surface area contributed by atoms with Gasteiger partial charge >= 0.3 is 0 Å². The van der Waals surface area contributed by atoms with Crippen molar-refractivity contribution < 1.29 is 19.0 Å². The van der Waals surface area contributed by atoms with Gasteiger partial charge in [-0.1, -0.05) is 6.07 Å². The van der Waals surface area contributed by atoms with Crippen LogP contribution in [0.15, 0.2) is 30.3 Å². The van der Waals surface area contributed by atoms with Crippen LogP contribution in [0.25, 0.3) is 0 Å². The Labute approximate surface area is 189 Å². The fourth-order valence-corrected chi connectivity index (χ4v) is 4.25. The van der Waals surface area contributed by atoms with Crippen LogP contribution in [-0.4, -0.2) is 69.3 Å². The Balaban J connectivity index is 1.17. The van der Waals surface area contributed by atoms with Gasteiger partial charge in [-0.3, -0.25) is 9.69 Å². The van der Waals surface area contributed by atoms with E-state index in [4.69, 9.17) is 14.2 Å². The number of carbonyl (C=O) groups excluding carboxylic acids is 1. The number of aromatic nitrogens is 1. The molecule has 1 N–H and O–H groups in total. The number of benzene rings is 1. The Morgan fingerprint density at radius 2 is 1.84 bits per heavy atom. The Bertz CT molecular complexity index is 928. The fourth-order valence-electron chi connectivity index (χ4n) is 4.25. The second-order valence-electron chi connectivity index (χ2n) is 8.10. The molecule has 1 aromatic carbocycles. The maximum absolute atomic E-state index is 11.5. The van der Waals surface area contributed by atoms with Crippen molar-refractivity contribution >= 4 is 17.4 Å². The van der Waals surface area contributed by atoms with Gasteiger partial charge in [0.05, 0.1) is 26.5 Å². The number of anilines is 2. The highest BCUT2D eigenvalue weighted by Gasteiger charge is 2.21. The summed E-state index contributed by atoms with van der Waals surface area (Å²) in [7, 11) is 3.36. The molecule has 1 aromatic heterocycles. The number of carbonyl (C=O) groups is 1. The lowest BCUT2D eigenvalue weighted by Gasteiger charge is -2.36. The molecule has 2 aliphatic heterocycles. The first-order valence-electron chi connectivity index (χ1n) is 11.3. The van der Waals surface area contributed by atoms with Gasteiger partial charge < -0.3 is 24.4 Å². The standard InChI is InChI=1S/C24H32N4O4/c1-30-20-7-5-6-19(23(20)31-2)28-15-13-27(14-16-28)12-3-4-17-32-22-11-9-18-8-10-21(29)25-24(18)26-22/h5-7,9,11H,3-4,8,10,12-17H2,1-2H3,(H,25,26,29). The van der Waals surface area contributed by atoms with Crippen LogP contribution in [0.3, 0.4) is 0 Å². The molecule has 1 fully saturated rings. The lowest BCUT2D eigenvalue weighted by molar-refractivity contribution is -0.116. The predicted molar refractivity (Wildman–Crippen MR) is 124 cm³/mol. The molecule has 0 aliphatic carbocycles. The normalized spacial score (nSPS) is 16.3. The topological polar surface area (TPSA) is 76.2 Å². The average Bonchev–Trinajstić information content (AvgIpc) is 2.83. The number of piperazine rings is 1. The molecule has 2 aromatic rings. The van der Waals surface area contributed by atoms with Crippen molar-refractivity contribution in [3.63, 3.8) is 0 Å². The van der Waals surface area contributed by atoms with E-state index in [9.17, 15) is 4.79 Å². The second-order valence-corrected chi connectivity index (χ2v) is 8.10. The molecular formula is C24H32N4O4. The SMILES string of the molecule is COc1cccc(N2CCN(CCCCOc3ccc4c(n3)NC(=O)CC4)CC2)c1OC. The smallest absolute Gasteiger partial charge is 0.225 e. The maximum Gasteiger partial charge on any atom is 0.225 e. The van der Waals surface area contributed by atoms with Crippen molar-refractivity contribution in [1.82, 2.24) is 9.88 Å². The number of fused-ring (bicyclic) bond motifs is 1. The summed E-state index contributed by atoms with van der Waals surface area (Å²) in [4.78, 5) is 20.8. The van der Waals surface area contributed by atoms with E-state index in [0.717, 1.165) is 74.7 Å². The summed E-state index contributed by atoms with van der Waals surface area (Å²) in [6.07, 6.45) is 3.31. The van der Waals surface area contributed by atoms with E-state index in [-0.39, 0.29) is 5.91 Å². The van der Waals surface area contributed by atoms with Crippen molar-refractivity contribution in [2.75, 3.05) is 63.8 Å². The van der Waals surface area contributed by atoms with Gasteiger partial charge in [0.2, 0.25) is 11.8 Å². The minimum Gasteiger partial charge on any atom is -0.493 e. The van der Waals surface area contributed by atoms with Crippen molar-refractivity contribution in [2.24, 2.45) is 0 Å². The summed E-state index contributed by atoms with van der Waals surface area (Å²) < 4.78 is 16.8. The van der Waals surface area contributed by atoms with Gasteiger partial charge in [0.25, 0.3) is 0 Å². The fraction of sp³-hybridized carbons (Fsp3) is 0.500. The predicted octanol–water partition coefficient (Wildman–Crippen LogP) is 2.96. The molecule has 0 unspecified atom stereocenters. The molecule has 1 saturated heterocycles. The number of hydrogen-bond acceptors (Lipinski definition) is 7. The largest absolute Gasteiger partial charge is 0.493 e. The molecule has 3 heterocycles. The van der Waals surface area contributed by atoms with E-state index in [0.29, 0.717) is 24.7 Å². The summed E-state index contributed by atoms with van der Waals surface area (Å²) in [6.45, 7) is 5.65. The molecule has 0 radical (unpaired) electrons. The van der Waals surface area contributed by atoms with E-state index in [1.807, 2.05) is 24.3 Å². The van der Waals surface area contributed by atoms with Gasteiger partial charge in [-0.05, 0) is 49.6 Å². The van der Waals surface area contributed by atoms with Crippen LogP contribution >= 0.6 is 0 Å². The van der Waals surface area contributed by atoms with E-state index in [2.05, 4.69) is 26.2 Å². The molecule has 1 amide bonds. The van der Waals surface area contributed by atoms with Gasteiger partial charge in [-0.2, -0.15) is 4.98 Å². The quantitative estimate of drug-likeness (QED) is 0.601. The Morgan fingerprint density at radius 1 is 1.00 bits per heavy atom. The molecular weight excluding hydrogens is 408 g/mol. The molecule has 4 rings (SSSR count). The number of methoxy groups -OCH3 is 2. The first-order valence-corrected chi connectivity index (χ1v) is 11.3. The Kier molecular flexibility index (Phi) is 7.32. The van der Waals surface area contributed by atoms with E-state index in [1.54, 1.807) is 14.2 Å². The molecule has 0 spiro atoms. The van der Waals surface area contributed by atoms with E-state index >= 15 is 0 Å². The summed E-state index contributed by atoms with van der Waals surface area (Å²) in [5.41, 5.74) is 2.16. The van der Waals surface area contributed by atoms with Crippen LogP contribution < -0.4 is 24.4 Å². The average molecular weight is 441 g/mol. The van der Waals surface area contributed by atoms with E-state index < -0.39 is 0 Å². The van der Waals surface area contributed by atoms with Crippen LogP contribution in [0.4, 0.5) is 11.5 Å². The van der Waals surface area contributed by atoms with Crippen molar-refractivity contribution in [3.05, 3.63) is 35.9 Å². The number of amides is 1. The van der Waals surface area contributed by atoms with Gasteiger partial charge in [-0.15, -0.1) is 0 Å². The number of ether oxygens (including phenoxy) is 3. The highest BCUT2D eigenvalue weighted by Crippen LogP contribution is 2.37. The first kappa shape index (κ1) is 22.2. The van der Waals surface area contributed by atoms with E-state index in [1.165, 1.54) is 0 Å². The van der Waals surface area contributed by atoms with Crippen LogP contribution in [0.5, 0.6) is 17.4 Å². The molecule has 0 atom stereocenters. The number of rotatable bonds is 9. The zero-order valence-electron chi connectivity index (χ0n) is 18.9. The highest BCUT2D eigenvalue weighted by molar-refractivity contribution is 5.92. The number of aryl methyl sites for hydroxylation is 1. The summed E-state index contributed by atoms with van der Waals surface area (Å²) in [5, 5.41) is 2.82. The van der Waals surface area contributed by atoms with Crippen molar-refractivity contribution in [1.29, 1.82) is 0 Å². The number of nitrogens with one attached hydrogen (secondary N) is 1. The van der Waals surface area contributed by atoms with Crippen LogP contribution in [0.2, 0.25) is 0 Å². The monoisotopic (exact) mass is 440 g/mol. The molecule has 0 bridgehead atoms. The zero-order chi connectivity index (χ0) is 22.3. The zero-order valence-corrected chi connectivity index (χ0v) is 18.9. The van der Waals surface area contributed by atoms with Crippen LogP contribution in [0.1, 0.15) is 24.8 Å². The summed E-state index contributed by atoms with van der Waals surface area (Å²) in [6, 6.07) is 9.91. The number of pyridine rings is 1. The Hall–Kier alpha value is -3.00. The molecule has 32 heavy (non-hydrogen) atoms. The molecule has 8 nitrogen and oxygen atoms in total. The summed E-state index contributed by atoms with van der Waals surface area (Å²) >= 11 is 0. The number of para-hydroxylation sites is 1. The number of nitrogens with zero attached hydrogens (tertiary/aromatic N) is 3. The first-order chi connectivity index (χ1) is 15.7. The molecule has 8 heteroatoms. The van der Waals surface area contributed by atoms with Gasteiger partial charge in [0.1, 0.15) is 5.82 Å². The number of unbranched alkanes of at least 4 members (excludes halogenated alkanes) is 1. The van der Waals surface area contributed by atoms with Gasteiger partial charge in [0, 0.05) is 38.7 Å². The maximum atomic E-state index is 11.5. The van der Waals surface area contributed by atoms with Crippen molar-refractivity contribution in [2.45, 2.75) is 25.7 Å². The van der Waals surface area contributed by atoms with Crippen LogP contribution in [0, 0.1) is 0 Å². The summed E-state index contributed by atoms with van der Waals surface area (Å²) in [5.74, 6) is 2.81. The third kappa shape index (κ3) is 5.24. The third-order valence-corrected chi connectivity index (χ3v) is 6.05. The second kappa shape index (κ2) is 10.5. The molecule has 172 valence electrons. The highest BCUT2D eigenvalue weighted by atomic mass is 16.5. The third-order valence-electron chi connectivity index (χ3n) is 6.05. The van der Waals surface area contributed by atoms with Crippen LogP contribution in [-0.2, 0) is 11.2 Å².